The fourth-order valence-corrected chi connectivity index (χ4v) is 1.96. The highest BCUT2D eigenvalue weighted by atomic mass is 16.2. The standard InChI is InChI=1S/C13H19N5O2/c1-7(2)13-16-10(12(14)20)4-11(17-13)15-9-5-18(6-9)8(3)19/h4,7,9H,5-6H2,1-3H3,(H2,14,20)(H,15,16,17). The topological polar surface area (TPSA) is 101 Å². The van der Waals surface area contributed by atoms with Gasteiger partial charge >= 0.3 is 0 Å². The normalized spacial score (nSPS) is 15.1. The van der Waals surface area contributed by atoms with E-state index in [2.05, 4.69) is 15.3 Å². The van der Waals surface area contributed by atoms with Gasteiger partial charge in [-0.25, -0.2) is 9.97 Å². The molecule has 7 nitrogen and oxygen atoms in total. The molecule has 1 saturated heterocycles. The summed E-state index contributed by atoms with van der Waals surface area (Å²) in [7, 11) is 0. The van der Waals surface area contributed by atoms with Crippen molar-refractivity contribution in [2.45, 2.75) is 32.7 Å². The van der Waals surface area contributed by atoms with Crippen LogP contribution in [0.2, 0.25) is 0 Å². The number of amides is 2. The molecule has 1 aromatic rings. The van der Waals surface area contributed by atoms with Gasteiger partial charge in [0, 0.05) is 32.0 Å². The summed E-state index contributed by atoms with van der Waals surface area (Å²) in [4.78, 5) is 32.7. The van der Waals surface area contributed by atoms with Crippen LogP contribution in [-0.4, -0.2) is 45.8 Å². The van der Waals surface area contributed by atoms with Gasteiger partial charge in [0.25, 0.3) is 5.91 Å². The molecular weight excluding hydrogens is 258 g/mol. The average molecular weight is 277 g/mol. The van der Waals surface area contributed by atoms with Crippen LogP contribution in [0.3, 0.4) is 0 Å². The van der Waals surface area contributed by atoms with Crippen molar-refractivity contribution in [2.24, 2.45) is 5.73 Å². The van der Waals surface area contributed by atoms with E-state index in [-0.39, 0.29) is 23.6 Å². The fraction of sp³-hybridized carbons (Fsp3) is 0.538. The Kier molecular flexibility index (Phi) is 3.87. The second-order valence-corrected chi connectivity index (χ2v) is 5.28. The maximum absolute atomic E-state index is 11.3. The number of nitrogens with one attached hydrogen (secondary N) is 1. The second kappa shape index (κ2) is 5.44. The summed E-state index contributed by atoms with van der Waals surface area (Å²) in [6.45, 7) is 6.73. The van der Waals surface area contributed by atoms with Crippen LogP contribution in [0.4, 0.5) is 5.82 Å². The third kappa shape index (κ3) is 3.04. The molecule has 0 saturated carbocycles. The van der Waals surface area contributed by atoms with Crippen LogP contribution < -0.4 is 11.1 Å². The van der Waals surface area contributed by atoms with Crippen LogP contribution in [0.15, 0.2) is 6.07 Å². The van der Waals surface area contributed by atoms with E-state index in [0.29, 0.717) is 24.7 Å². The monoisotopic (exact) mass is 277 g/mol. The van der Waals surface area contributed by atoms with E-state index >= 15 is 0 Å². The predicted octanol–water partition coefficient (Wildman–Crippen LogP) is 0.341. The molecule has 2 heterocycles. The number of anilines is 1. The van der Waals surface area contributed by atoms with Crippen molar-refractivity contribution in [3.8, 4) is 0 Å². The van der Waals surface area contributed by atoms with Crippen molar-refractivity contribution in [1.82, 2.24) is 14.9 Å². The SMILES string of the molecule is CC(=O)N1CC(Nc2cc(C(N)=O)nc(C(C)C)n2)C1. The molecule has 7 heteroatoms. The van der Waals surface area contributed by atoms with Gasteiger partial charge in [0.05, 0.1) is 6.04 Å². The summed E-state index contributed by atoms with van der Waals surface area (Å²) >= 11 is 0. The van der Waals surface area contributed by atoms with Crippen molar-refractivity contribution in [1.29, 1.82) is 0 Å². The van der Waals surface area contributed by atoms with Crippen molar-refractivity contribution >= 4 is 17.6 Å². The van der Waals surface area contributed by atoms with Crippen molar-refractivity contribution in [2.75, 3.05) is 18.4 Å². The van der Waals surface area contributed by atoms with E-state index in [1.807, 2.05) is 13.8 Å². The first-order valence-electron chi connectivity index (χ1n) is 6.57. The number of aromatic nitrogens is 2. The molecule has 0 atom stereocenters. The Morgan fingerprint density at radius 1 is 1.40 bits per heavy atom. The quantitative estimate of drug-likeness (QED) is 0.826. The first-order valence-corrected chi connectivity index (χ1v) is 6.57. The smallest absolute Gasteiger partial charge is 0.267 e. The lowest BCUT2D eigenvalue weighted by Crippen LogP contribution is -2.56. The number of hydrogen-bond donors (Lipinski definition) is 2. The number of rotatable bonds is 4. The highest BCUT2D eigenvalue weighted by Gasteiger charge is 2.28. The first-order chi connectivity index (χ1) is 9.36. The highest BCUT2D eigenvalue weighted by Crippen LogP contribution is 2.17. The summed E-state index contributed by atoms with van der Waals surface area (Å²) < 4.78 is 0. The fourth-order valence-electron chi connectivity index (χ4n) is 1.96. The first kappa shape index (κ1) is 14.2. The Morgan fingerprint density at radius 2 is 2.05 bits per heavy atom. The van der Waals surface area contributed by atoms with Gasteiger partial charge in [-0.1, -0.05) is 13.8 Å². The van der Waals surface area contributed by atoms with E-state index in [4.69, 9.17) is 5.73 Å². The molecule has 0 spiro atoms. The highest BCUT2D eigenvalue weighted by molar-refractivity contribution is 5.91. The Morgan fingerprint density at radius 3 is 2.55 bits per heavy atom. The second-order valence-electron chi connectivity index (χ2n) is 5.28. The number of nitrogens with two attached hydrogens (primary N) is 1. The molecule has 0 radical (unpaired) electrons. The van der Waals surface area contributed by atoms with Crippen LogP contribution in [0.5, 0.6) is 0 Å². The molecule has 1 aliphatic heterocycles. The predicted molar refractivity (Wildman–Crippen MR) is 74.3 cm³/mol. The van der Waals surface area contributed by atoms with Gasteiger partial charge in [0.2, 0.25) is 5.91 Å². The van der Waals surface area contributed by atoms with E-state index in [1.54, 1.807) is 17.9 Å². The van der Waals surface area contributed by atoms with Crippen molar-refractivity contribution in [3.63, 3.8) is 0 Å². The minimum absolute atomic E-state index is 0.0615. The zero-order valence-corrected chi connectivity index (χ0v) is 11.9. The zero-order chi connectivity index (χ0) is 14.9. The number of carbonyl (C=O) groups is 2. The molecule has 0 aliphatic carbocycles. The third-order valence-corrected chi connectivity index (χ3v) is 3.19. The molecule has 2 rings (SSSR count). The molecular formula is C13H19N5O2. The number of hydrogen-bond acceptors (Lipinski definition) is 5. The summed E-state index contributed by atoms with van der Waals surface area (Å²) in [6, 6.07) is 1.69. The molecule has 0 unspecified atom stereocenters. The average Bonchev–Trinajstić information content (AvgIpc) is 2.32. The summed E-state index contributed by atoms with van der Waals surface area (Å²) in [5, 5.41) is 3.20. The number of carbonyl (C=O) groups excluding carboxylic acids is 2. The Labute approximate surface area is 117 Å². The summed E-state index contributed by atoms with van der Waals surface area (Å²) in [5.41, 5.74) is 5.48. The van der Waals surface area contributed by atoms with E-state index in [9.17, 15) is 9.59 Å². The molecule has 1 aliphatic rings. The van der Waals surface area contributed by atoms with Gasteiger partial charge in [-0.15, -0.1) is 0 Å². The summed E-state index contributed by atoms with van der Waals surface area (Å²) in [5.74, 6) is 0.741. The molecule has 2 amide bonds. The lowest BCUT2D eigenvalue weighted by molar-refractivity contribution is -0.132. The van der Waals surface area contributed by atoms with Gasteiger partial charge in [0.15, 0.2) is 0 Å². The number of primary amides is 1. The molecule has 20 heavy (non-hydrogen) atoms. The molecule has 108 valence electrons. The van der Waals surface area contributed by atoms with Crippen LogP contribution >= 0.6 is 0 Å². The summed E-state index contributed by atoms with van der Waals surface area (Å²) in [6.07, 6.45) is 0. The van der Waals surface area contributed by atoms with Crippen LogP contribution in [0.1, 0.15) is 43.0 Å². The molecule has 1 aromatic heterocycles. The Bertz CT molecular complexity index is 538. The molecule has 0 aromatic carbocycles. The Hall–Kier alpha value is -2.18. The minimum Gasteiger partial charge on any atom is -0.364 e. The maximum atomic E-state index is 11.3. The van der Waals surface area contributed by atoms with Gasteiger partial charge in [-0.3, -0.25) is 9.59 Å². The van der Waals surface area contributed by atoms with Gasteiger partial charge in [0.1, 0.15) is 17.3 Å². The van der Waals surface area contributed by atoms with Crippen LogP contribution in [0, 0.1) is 0 Å². The van der Waals surface area contributed by atoms with Crippen molar-refractivity contribution in [3.05, 3.63) is 17.6 Å². The van der Waals surface area contributed by atoms with Gasteiger partial charge < -0.3 is 16.0 Å². The molecule has 1 fully saturated rings. The van der Waals surface area contributed by atoms with Gasteiger partial charge in [-0.2, -0.15) is 0 Å². The van der Waals surface area contributed by atoms with Gasteiger partial charge in [-0.05, 0) is 0 Å². The van der Waals surface area contributed by atoms with E-state index in [0.717, 1.165) is 0 Å². The maximum Gasteiger partial charge on any atom is 0.267 e. The molecule has 0 bridgehead atoms. The zero-order valence-electron chi connectivity index (χ0n) is 11.9. The van der Waals surface area contributed by atoms with E-state index < -0.39 is 5.91 Å². The van der Waals surface area contributed by atoms with Crippen LogP contribution in [-0.2, 0) is 4.79 Å². The minimum atomic E-state index is -0.573. The molecule has 3 N–H and O–H groups in total. The van der Waals surface area contributed by atoms with Crippen molar-refractivity contribution < 1.29 is 9.59 Å². The largest absolute Gasteiger partial charge is 0.364 e. The lowest BCUT2D eigenvalue weighted by atomic mass is 10.1. The van der Waals surface area contributed by atoms with E-state index in [1.165, 1.54) is 0 Å². The Balaban J connectivity index is 2.11. The number of nitrogens with zero attached hydrogens (tertiary/aromatic N) is 3. The lowest BCUT2D eigenvalue weighted by Gasteiger charge is -2.39. The number of likely N-dealkylation sites (tertiary alicyclic amines) is 1. The van der Waals surface area contributed by atoms with Crippen LogP contribution in [0.25, 0.3) is 0 Å². The third-order valence-electron chi connectivity index (χ3n) is 3.19.